The van der Waals surface area contributed by atoms with Gasteiger partial charge in [0, 0.05) is 32.6 Å². The quantitative estimate of drug-likeness (QED) is 0.749. The van der Waals surface area contributed by atoms with E-state index in [1.807, 2.05) is 27.8 Å². The third kappa shape index (κ3) is 4.84. The summed E-state index contributed by atoms with van der Waals surface area (Å²) in [5, 5.41) is 11.1. The first kappa shape index (κ1) is 16.0. The molecule has 5 nitrogen and oxygen atoms in total. The van der Waals surface area contributed by atoms with Crippen LogP contribution < -0.4 is 10.6 Å². The minimum Gasteiger partial charge on any atom is -0.354 e. The molecule has 0 aliphatic carbocycles. The van der Waals surface area contributed by atoms with Gasteiger partial charge in [0.15, 0.2) is 0 Å². The van der Waals surface area contributed by atoms with Gasteiger partial charge < -0.3 is 10.6 Å². The lowest BCUT2D eigenvalue weighted by Crippen LogP contribution is -2.32. The molecule has 0 saturated carbocycles. The number of nitrogens with zero attached hydrogens (tertiary/aromatic N) is 2. The van der Waals surface area contributed by atoms with Crippen LogP contribution in [-0.2, 0) is 24.8 Å². The molecule has 0 spiro atoms. The zero-order chi connectivity index (χ0) is 14.4. The van der Waals surface area contributed by atoms with Gasteiger partial charge in [0.1, 0.15) is 0 Å². The molecule has 0 atom stereocenters. The molecule has 6 heteroatoms. The Morgan fingerprint density at radius 1 is 1.47 bits per heavy atom. The van der Waals surface area contributed by atoms with E-state index in [4.69, 9.17) is 11.6 Å². The molecule has 1 heterocycles. The van der Waals surface area contributed by atoms with E-state index in [1.165, 1.54) is 0 Å². The van der Waals surface area contributed by atoms with E-state index < -0.39 is 0 Å². The molecule has 108 valence electrons. The molecule has 1 aromatic rings. The molecule has 0 aliphatic heterocycles. The summed E-state index contributed by atoms with van der Waals surface area (Å²) < 4.78 is 1.79. The van der Waals surface area contributed by atoms with Gasteiger partial charge in [-0.1, -0.05) is 18.5 Å². The zero-order valence-corrected chi connectivity index (χ0v) is 12.8. The van der Waals surface area contributed by atoms with Crippen molar-refractivity contribution in [2.24, 2.45) is 7.05 Å². The fourth-order valence-electron chi connectivity index (χ4n) is 1.81. The molecule has 0 fully saturated rings. The number of hydrogen-bond acceptors (Lipinski definition) is 3. The van der Waals surface area contributed by atoms with Gasteiger partial charge in [0.25, 0.3) is 0 Å². The average molecular weight is 287 g/mol. The number of nitrogens with one attached hydrogen (secondary N) is 2. The van der Waals surface area contributed by atoms with Crippen molar-refractivity contribution >= 4 is 17.5 Å². The standard InChI is InChI=1S/C13H23ClN4O/c1-5-10-13(14)11(18(4)17-10)8-15-7-6-12(19)16-9(2)3/h9,15H,5-8H2,1-4H3,(H,16,19). The van der Waals surface area contributed by atoms with Crippen LogP contribution in [0.4, 0.5) is 0 Å². The molecule has 0 aliphatic rings. The van der Waals surface area contributed by atoms with Gasteiger partial charge in [0.05, 0.1) is 16.4 Å². The van der Waals surface area contributed by atoms with Crippen LogP contribution in [0.25, 0.3) is 0 Å². The highest BCUT2D eigenvalue weighted by atomic mass is 35.5. The van der Waals surface area contributed by atoms with Crippen molar-refractivity contribution in [3.8, 4) is 0 Å². The summed E-state index contributed by atoms with van der Waals surface area (Å²) in [6.07, 6.45) is 1.29. The minimum atomic E-state index is 0.0628. The van der Waals surface area contributed by atoms with Crippen molar-refractivity contribution in [2.75, 3.05) is 6.54 Å². The van der Waals surface area contributed by atoms with Crippen LogP contribution in [0.1, 0.15) is 38.6 Å². The molecule has 0 radical (unpaired) electrons. The van der Waals surface area contributed by atoms with Crippen molar-refractivity contribution in [1.82, 2.24) is 20.4 Å². The third-order valence-electron chi connectivity index (χ3n) is 2.77. The molecule has 0 saturated heterocycles. The van der Waals surface area contributed by atoms with E-state index in [1.54, 1.807) is 4.68 Å². The maximum absolute atomic E-state index is 11.5. The van der Waals surface area contributed by atoms with E-state index in [0.717, 1.165) is 22.8 Å². The number of carbonyl (C=O) groups excluding carboxylic acids is 1. The van der Waals surface area contributed by atoms with Gasteiger partial charge in [-0.25, -0.2) is 0 Å². The molecular weight excluding hydrogens is 264 g/mol. The Labute approximate surface area is 119 Å². The first-order chi connectivity index (χ1) is 8.95. The van der Waals surface area contributed by atoms with E-state index in [2.05, 4.69) is 15.7 Å². The van der Waals surface area contributed by atoms with E-state index in [9.17, 15) is 4.79 Å². The average Bonchev–Trinajstić information content (AvgIpc) is 2.60. The van der Waals surface area contributed by atoms with Crippen molar-refractivity contribution < 1.29 is 4.79 Å². The predicted molar refractivity (Wildman–Crippen MR) is 77.2 cm³/mol. The van der Waals surface area contributed by atoms with E-state index >= 15 is 0 Å². The maximum Gasteiger partial charge on any atom is 0.221 e. The first-order valence-corrected chi connectivity index (χ1v) is 7.03. The highest BCUT2D eigenvalue weighted by Gasteiger charge is 2.12. The summed E-state index contributed by atoms with van der Waals surface area (Å²) in [4.78, 5) is 11.5. The summed E-state index contributed by atoms with van der Waals surface area (Å²) in [6, 6.07) is 0.186. The third-order valence-corrected chi connectivity index (χ3v) is 3.21. The van der Waals surface area contributed by atoms with Gasteiger partial charge >= 0.3 is 0 Å². The van der Waals surface area contributed by atoms with Gasteiger partial charge in [-0.05, 0) is 20.3 Å². The molecular formula is C13H23ClN4O. The Bertz CT molecular complexity index is 429. The molecule has 1 aromatic heterocycles. The zero-order valence-electron chi connectivity index (χ0n) is 12.1. The largest absolute Gasteiger partial charge is 0.354 e. The lowest BCUT2D eigenvalue weighted by Gasteiger charge is -2.09. The number of aromatic nitrogens is 2. The summed E-state index contributed by atoms with van der Waals surface area (Å²) in [5.41, 5.74) is 1.88. The number of aryl methyl sites for hydroxylation is 2. The lowest BCUT2D eigenvalue weighted by molar-refractivity contribution is -0.121. The maximum atomic E-state index is 11.5. The fourth-order valence-corrected chi connectivity index (χ4v) is 2.18. The highest BCUT2D eigenvalue weighted by Crippen LogP contribution is 2.20. The molecule has 0 bridgehead atoms. The number of halogens is 1. The summed E-state index contributed by atoms with van der Waals surface area (Å²) >= 11 is 6.24. The second-order valence-corrected chi connectivity index (χ2v) is 5.21. The Kier molecular flexibility index (Phi) is 6.31. The topological polar surface area (TPSA) is 59.0 Å². The van der Waals surface area contributed by atoms with Crippen molar-refractivity contribution in [3.63, 3.8) is 0 Å². The Balaban J connectivity index is 2.38. The molecule has 0 unspecified atom stereocenters. The Morgan fingerprint density at radius 2 is 2.16 bits per heavy atom. The first-order valence-electron chi connectivity index (χ1n) is 6.66. The van der Waals surface area contributed by atoms with E-state index in [0.29, 0.717) is 19.5 Å². The SMILES string of the molecule is CCc1nn(C)c(CNCCC(=O)NC(C)C)c1Cl. The van der Waals surface area contributed by atoms with E-state index in [-0.39, 0.29) is 11.9 Å². The molecule has 19 heavy (non-hydrogen) atoms. The van der Waals surface area contributed by atoms with Crippen LogP contribution in [-0.4, -0.2) is 28.3 Å². The van der Waals surface area contributed by atoms with Crippen molar-refractivity contribution in [2.45, 2.75) is 46.2 Å². The fraction of sp³-hybridized carbons (Fsp3) is 0.692. The van der Waals surface area contributed by atoms with Crippen molar-refractivity contribution in [1.29, 1.82) is 0 Å². The van der Waals surface area contributed by atoms with Gasteiger partial charge in [-0.15, -0.1) is 0 Å². The van der Waals surface area contributed by atoms with Crippen LogP contribution in [0.3, 0.4) is 0 Å². The Hall–Kier alpha value is -1.07. The minimum absolute atomic E-state index is 0.0628. The number of hydrogen-bond donors (Lipinski definition) is 2. The number of rotatable bonds is 7. The summed E-state index contributed by atoms with van der Waals surface area (Å²) in [7, 11) is 1.88. The van der Waals surface area contributed by atoms with Crippen molar-refractivity contribution in [3.05, 3.63) is 16.4 Å². The van der Waals surface area contributed by atoms with Crippen LogP contribution in [0.15, 0.2) is 0 Å². The van der Waals surface area contributed by atoms with Gasteiger partial charge in [0.2, 0.25) is 5.91 Å². The van der Waals surface area contributed by atoms with Gasteiger partial charge in [-0.2, -0.15) is 5.10 Å². The molecule has 1 amide bonds. The second kappa shape index (κ2) is 7.50. The predicted octanol–water partition coefficient (Wildman–Crippen LogP) is 1.64. The van der Waals surface area contributed by atoms with Gasteiger partial charge in [-0.3, -0.25) is 9.48 Å². The normalized spacial score (nSPS) is 11.1. The lowest BCUT2D eigenvalue weighted by atomic mass is 10.3. The summed E-state index contributed by atoms with van der Waals surface area (Å²) in [5.74, 6) is 0.0628. The second-order valence-electron chi connectivity index (χ2n) is 4.83. The smallest absolute Gasteiger partial charge is 0.221 e. The highest BCUT2D eigenvalue weighted by molar-refractivity contribution is 6.31. The van der Waals surface area contributed by atoms with Crippen LogP contribution in [0.2, 0.25) is 5.02 Å². The molecule has 2 N–H and O–H groups in total. The van der Waals surface area contributed by atoms with Crippen LogP contribution >= 0.6 is 11.6 Å². The molecule has 0 aromatic carbocycles. The van der Waals surface area contributed by atoms with Crippen LogP contribution in [0.5, 0.6) is 0 Å². The monoisotopic (exact) mass is 286 g/mol. The number of carbonyl (C=O) groups is 1. The molecule has 1 rings (SSSR count). The van der Waals surface area contributed by atoms with Crippen LogP contribution in [0, 0.1) is 0 Å². The summed E-state index contributed by atoms with van der Waals surface area (Å²) in [6.45, 7) is 7.18. The Morgan fingerprint density at radius 3 is 2.68 bits per heavy atom. The number of amides is 1.